The molecule has 1 aliphatic carbocycles. The lowest BCUT2D eigenvalue weighted by Gasteiger charge is -2.31. The Hall–Kier alpha value is -4.43. The van der Waals surface area contributed by atoms with Crippen molar-refractivity contribution in [1.29, 1.82) is 0 Å². The third kappa shape index (κ3) is 3.85. The summed E-state index contributed by atoms with van der Waals surface area (Å²) >= 11 is 0. The molecule has 3 aromatic carbocycles. The van der Waals surface area contributed by atoms with E-state index in [9.17, 15) is 0 Å². The molecule has 0 N–H and O–H groups in total. The maximum Gasteiger partial charge on any atom is 0.137 e. The number of hydrogen-bond acceptors (Lipinski definition) is 2. The number of nitrogens with zero attached hydrogens (tertiary/aromatic N) is 2. The summed E-state index contributed by atoms with van der Waals surface area (Å²) in [4.78, 5) is 7.16. The van der Waals surface area contributed by atoms with Crippen molar-refractivity contribution < 1.29 is 0 Å². The van der Waals surface area contributed by atoms with Gasteiger partial charge in [-0.2, -0.15) is 0 Å². The van der Waals surface area contributed by atoms with E-state index in [2.05, 4.69) is 82.3 Å². The van der Waals surface area contributed by atoms with Gasteiger partial charge in [0.05, 0.1) is 11.4 Å². The molecule has 0 saturated heterocycles. The average molecular weight is 495 g/mol. The first-order chi connectivity index (χ1) is 18.2. The van der Waals surface area contributed by atoms with E-state index in [0.717, 1.165) is 44.5 Å². The first-order valence-corrected chi connectivity index (χ1v) is 12.9. The van der Waals surface area contributed by atoms with Gasteiger partial charge >= 0.3 is 0 Å². The van der Waals surface area contributed by atoms with Gasteiger partial charge in [-0.05, 0) is 71.2 Å². The Balaban J connectivity index is 1.95. The summed E-state index contributed by atoms with van der Waals surface area (Å²) in [6.07, 6.45) is 5.80. The minimum Gasteiger partial charge on any atom is -0.294 e. The van der Waals surface area contributed by atoms with Gasteiger partial charge in [0.2, 0.25) is 0 Å². The van der Waals surface area contributed by atoms with Gasteiger partial charge in [-0.25, -0.2) is 4.98 Å². The van der Waals surface area contributed by atoms with Crippen molar-refractivity contribution in [3.63, 3.8) is 0 Å². The van der Waals surface area contributed by atoms with Crippen LogP contribution >= 0.6 is 0 Å². The maximum absolute atomic E-state index is 4.96. The number of rotatable bonds is 6. The van der Waals surface area contributed by atoms with Crippen LogP contribution in [0.4, 0.5) is 11.5 Å². The number of aryl methyl sites for hydroxylation is 2. The van der Waals surface area contributed by atoms with Crippen LogP contribution in [-0.2, 0) is 5.41 Å². The second-order valence-corrected chi connectivity index (χ2v) is 10.4. The molecule has 1 aromatic heterocycles. The van der Waals surface area contributed by atoms with Crippen molar-refractivity contribution in [3.8, 4) is 11.1 Å². The Bertz CT molecular complexity index is 1740. The molecule has 188 valence electrons. The molecule has 0 fully saturated rings. The van der Waals surface area contributed by atoms with Crippen LogP contribution in [0.3, 0.4) is 0 Å². The minimum absolute atomic E-state index is 0.187. The summed E-state index contributed by atoms with van der Waals surface area (Å²) in [7, 11) is 0. The molecule has 4 aromatic rings. The molecular weight excluding hydrogens is 460 g/mol. The van der Waals surface area contributed by atoms with Crippen molar-refractivity contribution in [2.24, 2.45) is 0 Å². The van der Waals surface area contributed by atoms with E-state index in [1.807, 2.05) is 61.5 Å². The molecule has 2 heteroatoms. The lowest BCUT2D eigenvalue weighted by molar-refractivity contribution is 0.659. The first-order valence-electron chi connectivity index (χ1n) is 12.9. The van der Waals surface area contributed by atoms with Crippen molar-refractivity contribution >= 4 is 35.9 Å². The molecule has 0 saturated carbocycles. The molecule has 1 heterocycles. The second kappa shape index (κ2) is 9.46. The van der Waals surface area contributed by atoms with Crippen LogP contribution in [0.5, 0.6) is 0 Å². The highest BCUT2D eigenvalue weighted by molar-refractivity contribution is 5.97. The van der Waals surface area contributed by atoms with E-state index < -0.39 is 0 Å². The summed E-state index contributed by atoms with van der Waals surface area (Å²) in [6, 6.07) is 23.3. The Morgan fingerprint density at radius 3 is 2.24 bits per heavy atom. The van der Waals surface area contributed by atoms with Gasteiger partial charge in [0, 0.05) is 21.9 Å². The quantitative estimate of drug-likeness (QED) is 0.271. The summed E-state index contributed by atoms with van der Waals surface area (Å²) < 4.78 is 0. The molecule has 0 unspecified atom stereocenters. The van der Waals surface area contributed by atoms with Gasteiger partial charge in [-0.15, -0.1) is 0 Å². The maximum atomic E-state index is 4.96. The van der Waals surface area contributed by atoms with Gasteiger partial charge < -0.3 is 0 Å². The van der Waals surface area contributed by atoms with E-state index in [0.29, 0.717) is 0 Å². The zero-order valence-electron chi connectivity index (χ0n) is 22.8. The lowest BCUT2D eigenvalue weighted by atomic mass is 9.80. The molecule has 1 aliphatic rings. The zero-order valence-corrected chi connectivity index (χ0v) is 22.8. The topological polar surface area (TPSA) is 16.1 Å². The molecule has 0 atom stereocenters. The SMILES string of the molecule is C=C/C(=c1/ccccc1=C)N(c1cccc(C)n1)c1cc2c(c(C=C)c1C=C)-c1ccc(C)cc1C2(C)C. The molecule has 0 aliphatic heterocycles. The summed E-state index contributed by atoms with van der Waals surface area (Å²) in [6.45, 7) is 25.8. The van der Waals surface area contributed by atoms with E-state index in [-0.39, 0.29) is 5.41 Å². The van der Waals surface area contributed by atoms with Gasteiger partial charge in [0.1, 0.15) is 5.82 Å². The Morgan fingerprint density at radius 2 is 1.58 bits per heavy atom. The summed E-state index contributed by atoms with van der Waals surface area (Å²) in [5.74, 6) is 0.811. The number of fused-ring (bicyclic) bond motifs is 3. The number of pyridine rings is 1. The van der Waals surface area contributed by atoms with Gasteiger partial charge in [-0.1, -0.05) is 106 Å². The molecule has 0 spiro atoms. The first kappa shape index (κ1) is 25.2. The number of aromatic nitrogens is 1. The van der Waals surface area contributed by atoms with Crippen LogP contribution in [0.1, 0.15) is 47.4 Å². The molecule has 38 heavy (non-hydrogen) atoms. The molecule has 0 amide bonds. The minimum atomic E-state index is -0.187. The molecule has 2 nitrogen and oxygen atoms in total. The van der Waals surface area contributed by atoms with Crippen LogP contribution < -0.4 is 15.3 Å². The fourth-order valence-electron chi connectivity index (χ4n) is 5.76. The van der Waals surface area contributed by atoms with Gasteiger partial charge in [0.15, 0.2) is 0 Å². The predicted octanol–water partition coefficient (Wildman–Crippen LogP) is 7.83. The van der Waals surface area contributed by atoms with Crippen LogP contribution in [0.15, 0.2) is 92.5 Å². The van der Waals surface area contributed by atoms with Crippen LogP contribution in [0.25, 0.3) is 35.6 Å². The molecule has 0 bridgehead atoms. The highest BCUT2D eigenvalue weighted by atomic mass is 15.2. The fourth-order valence-corrected chi connectivity index (χ4v) is 5.76. The second-order valence-electron chi connectivity index (χ2n) is 10.4. The van der Waals surface area contributed by atoms with Crippen molar-refractivity contribution in [3.05, 3.63) is 136 Å². The standard InChI is InChI=1S/C36H34N2/c1-9-26-27(10-2)35-29-20-19-23(4)21-30(29)36(7,8)31(35)22-33(26)38(34-18-14-16-25(6)37-34)32(11-3)28-17-13-12-15-24(28)5/h9-22H,1-3,5H2,4,6-8H3/b32-28+. The van der Waals surface area contributed by atoms with Gasteiger partial charge in [0.25, 0.3) is 0 Å². The van der Waals surface area contributed by atoms with Crippen LogP contribution in [0.2, 0.25) is 0 Å². The summed E-state index contributed by atoms with van der Waals surface area (Å²) in [5, 5.41) is 1.92. The van der Waals surface area contributed by atoms with E-state index in [1.165, 1.54) is 27.8 Å². The molecule has 0 radical (unpaired) electrons. The Labute approximate surface area is 226 Å². The van der Waals surface area contributed by atoms with Crippen molar-refractivity contribution in [1.82, 2.24) is 4.98 Å². The largest absolute Gasteiger partial charge is 0.294 e. The zero-order chi connectivity index (χ0) is 27.2. The summed E-state index contributed by atoms with van der Waals surface area (Å²) in [5.41, 5.74) is 11.1. The fraction of sp³-hybridized carbons (Fsp3) is 0.139. The van der Waals surface area contributed by atoms with Crippen LogP contribution in [-0.4, -0.2) is 4.98 Å². The highest BCUT2D eigenvalue weighted by Crippen LogP contribution is 2.54. The number of hydrogen-bond donors (Lipinski definition) is 0. The average Bonchev–Trinajstić information content (AvgIpc) is 3.12. The van der Waals surface area contributed by atoms with Crippen LogP contribution in [0, 0.1) is 13.8 Å². The number of benzene rings is 3. The smallest absolute Gasteiger partial charge is 0.137 e. The normalized spacial score (nSPS) is 13.8. The lowest BCUT2D eigenvalue weighted by Crippen LogP contribution is -2.32. The van der Waals surface area contributed by atoms with E-state index >= 15 is 0 Å². The van der Waals surface area contributed by atoms with Gasteiger partial charge in [-0.3, -0.25) is 4.90 Å². The van der Waals surface area contributed by atoms with E-state index in [4.69, 9.17) is 4.98 Å². The highest BCUT2D eigenvalue weighted by Gasteiger charge is 2.38. The third-order valence-electron chi connectivity index (χ3n) is 7.66. The third-order valence-corrected chi connectivity index (χ3v) is 7.66. The molecule has 5 rings (SSSR count). The van der Waals surface area contributed by atoms with Crippen molar-refractivity contribution in [2.75, 3.05) is 4.90 Å². The Morgan fingerprint density at radius 1 is 0.842 bits per heavy atom. The predicted molar refractivity (Wildman–Crippen MR) is 165 cm³/mol. The Kier molecular flexibility index (Phi) is 6.28. The number of anilines is 2. The van der Waals surface area contributed by atoms with Crippen molar-refractivity contribution in [2.45, 2.75) is 33.1 Å². The monoisotopic (exact) mass is 494 g/mol. The molecular formula is C36H34N2. The van der Waals surface area contributed by atoms with E-state index in [1.54, 1.807) is 0 Å².